The number of piperidine rings is 1. The van der Waals surface area contributed by atoms with E-state index in [0.717, 1.165) is 17.2 Å². The van der Waals surface area contributed by atoms with Crippen LogP contribution >= 0.6 is 0 Å². The summed E-state index contributed by atoms with van der Waals surface area (Å²) >= 11 is 0. The Morgan fingerprint density at radius 1 is 1.13 bits per heavy atom. The molecule has 1 saturated heterocycles. The molecule has 2 unspecified atom stereocenters. The zero-order valence-electron chi connectivity index (χ0n) is 18.6. The molecule has 0 radical (unpaired) electrons. The Morgan fingerprint density at radius 3 is 2.55 bits per heavy atom. The molecule has 1 aliphatic rings. The molecule has 2 amide bonds. The lowest BCUT2D eigenvalue weighted by Gasteiger charge is -2.37. The molecule has 0 bridgehead atoms. The molecule has 7 heteroatoms. The number of likely N-dealkylation sites (tertiary alicyclic amines) is 1. The zero-order chi connectivity index (χ0) is 22.6. The van der Waals surface area contributed by atoms with E-state index in [9.17, 15) is 18.0 Å². The average Bonchev–Trinajstić information content (AvgIpc) is 2.78. The molecule has 0 saturated carbocycles. The van der Waals surface area contributed by atoms with Crippen molar-refractivity contribution in [2.24, 2.45) is 5.92 Å². The van der Waals surface area contributed by atoms with Crippen LogP contribution in [0.4, 0.5) is 0 Å². The predicted octanol–water partition coefficient (Wildman–Crippen LogP) is 3.36. The Morgan fingerprint density at radius 2 is 1.84 bits per heavy atom. The largest absolute Gasteiger partial charge is 0.339 e. The van der Waals surface area contributed by atoms with Gasteiger partial charge in [-0.15, -0.1) is 0 Å². The van der Waals surface area contributed by atoms with Gasteiger partial charge in [-0.3, -0.25) is 9.59 Å². The Kier molecular flexibility index (Phi) is 7.36. The van der Waals surface area contributed by atoms with Crippen molar-refractivity contribution in [1.82, 2.24) is 9.80 Å². The summed E-state index contributed by atoms with van der Waals surface area (Å²) in [4.78, 5) is 30.0. The van der Waals surface area contributed by atoms with Gasteiger partial charge >= 0.3 is 0 Å². The van der Waals surface area contributed by atoms with Gasteiger partial charge in [-0.25, -0.2) is 8.42 Å². The van der Waals surface area contributed by atoms with Crippen LogP contribution in [0.3, 0.4) is 0 Å². The number of rotatable bonds is 7. The van der Waals surface area contributed by atoms with Crippen molar-refractivity contribution < 1.29 is 18.0 Å². The molecule has 2 aromatic rings. The van der Waals surface area contributed by atoms with Crippen LogP contribution in [0.5, 0.6) is 0 Å². The molecule has 1 fully saturated rings. The first-order chi connectivity index (χ1) is 14.8. The first kappa shape index (κ1) is 23.3. The van der Waals surface area contributed by atoms with Gasteiger partial charge < -0.3 is 9.80 Å². The van der Waals surface area contributed by atoms with Crippen molar-refractivity contribution in [3.63, 3.8) is 0 Å². The van der Waals surface area contributed by atoms with Gasteiger partial charge in [-0.05, 0) is 43.5 Å². The molecule has 2 atom stereocenters. The number of hydrogen-bond acceptors (Lipinski definition) is 4. The summed E-state index contributed by atoms with van der Waals surface area (Å²) in [5, 5.41) is 1.93. The third kappa shape index (κ3) is 5.26. The Hall–Kier alpha value is -2.41. The van der Waals surface area contributed by atoms with Crippen LogP contribution in [0.25, 0.3) is 10.8 Å². The van der Waals surface area contributed by atoms with E-state index < -0.39 is 9.84 Å². The van der Waals surface area contributed by atoms with Crippen LogP contribution < -0.4 is 0 Å². The van der Waals surface area contributed by atoms with Crippen LogP contribution in [0.2, 0.25) is 0 Å². The summed E-state index contributed by atoms with van der Waals surface area (Å²) in [6.45, 7) is 6.72. The van der Waals surface area contributed by atoms with E-state index in [-0.39, 0.29) is 35.3 Å². The number of nitrogens with zero attached hydrogens (tertiary/aromatic N) is 2. The SMILES string of the molecule is CCN(C(=O)C1CCCN(C(=O)c2cccc3ccccc23)C1)C(C)CS(=O)(=O)CC. The Bertz CT molecular complexity index is 1050. The molecule has 31 heavy (non-hydrogen) atoms. The van der Waals surface area contributed by atoms with Gasteiger partial charge in [-0.2, -0.15) is 0 Å². The second-order valence-electron chi connectivity index (χ2n) is 8.29. The van der Waals surface area contributed by atoms with E-state index >= 15 is 0 Å². The molecular formula is C24H32N2O4S. The van der Waals surface area contributed by atoms with E-state index in [1.54, 1.807) is 23.6 Å². The quantitative estimate of drug-likeness (QED) is 0.656. The molecule has 2 aromatic carbocycles. The number of carbonyl (C=O) groups is 2. The fraction of sp³-hybridized carbons (Fsp3) is 0.500. The zero-order valence-corrected chi connectivity index (χ0v) is 19.4. The topological polar surface area (TPSA) is 74.8 Å². The van der Waals surface area contributed by atoms with Crippen LogP contribution in [0.15, 0.2) is 42.5 Å². The van der Waals surface area contributed by atoms with Crippen molar-refractivity contribution in [2.45, 2.75) is 39.7 Å². The van der Waals surface area contributed by atoms with E-state index in [2.05, 4.69) is 0 Å². The van der Waals surface area contributed by atoms with Crippen molar-refractivity contribution in [3.8, 4) is 0 Å². The van der Waals surface area contributed by atoms with Gasteiger partial charge in [0.25, 0.3) is 5.91 Å². The summed E-state index contributed by atoms with van der Waals surface area (Å²) in [7, 11) is -3.18. The van der Waals surface area contributed by atoms with E-state index in [0.29, 0.717) is 31.6 Å². The first-order valence-electron chi connectivity index (χ1n) is 11.0. The summed E-state index contributed by atoms with van der Waals surface area (Å²) < 4.78 is 24.1. The number of hydrogen-bond donors (Lipinski definition) is 0. The molecule has 3 rings (SSSR count). The normalized spacial score (nSPS) is 18.0. The molecule has 0 spiro atoms. The average molecular weight is 445 g/mol. The standard InChI is InChI=1S/C24H32N2O4S/c1-4-26(18(3)17-31(29,30)5-2)23(27)20-12-9-15-25(16-20)24(28)22-14-8-11-19-10-6-7-13-21(19)22/h6-8,10-11,13-14,18,20H,4-5,9,12,15-17H2,1-3H3. The second kappa shape index (κ2) is 9.81. The minimum Gasteiger partial charge on any atom is -0.339 e. The molecule has 0 aliphatic carbocycles. The minimum absolute atomic E-state index is 0.0333. The van der Waals surface area contributed by atoms with Crippen LogP contribution in [-0.2, 0) is 14.6 Å². The molecule has 1 heterocycles. The van der Waals surface area contributed by atoms with Crippen LogP contribution in [0, 0.1) is 5.92 Å². The van der Waals surface area contributed by atoms with Crippen molar-refractivity contribution in [2.75, 3.05) is 31.1 Å². The van der Waals surface area contributed by atoms with Gasteiger partial charge in [0, 0.05) is 37.0 Å². The van der Waals surface area contributed by atoms with Gasteiger partial charge in [0.15, 0.2) is 9.84 Å². The maximum Gasteiger partial charge on any atom is 0.254 e. The predicted molar refractivity (Wildman–Crippen MR) is 124 cm³/mol. The number of benzene rings is 2. The smallest absolute Gasteiger partial charge is 0.254 e. The lowest BCUT2D eigenvalue weighted by atomic mass is 9.94. The van der Waals surface area contributed by atoms with Crippen molar-refractivity contribution in [3.05, 3.63) is 48.0 Å². The van der Waals surface area contributed by atoms with Gasteiger partial charge in [0.1, 0.15) is 0 Å². The highest BCUT2D eigenvalue weighted by Crippen LogP contribution is 2.25. The molecule has 0 aromatic heterocycles. The Balaban J connectivity index is 1.76. The highest BCUT2D eigenvalue weighted by molar-refractivity contribution is 7.91. The van der Waals surface area contributed by atoms with Gasteiger partial charge in [0.05, 0.1) is 11.7 Å². The van der Waals surface area contributed by atoms with Crippen molar-refractivity contribution in [1.29, 1.82) is 0 Å². The van der Waals surface area contributed by atoms with E-state index in [4.69, 9.17) is 0 Å². The minimum atomic E-state index is -3.18. The van der Waals surface area contributed by atoms with E-state index in [1.165, 1.54) is 0 Å². The molecule has 6 nitrogen and oxygen atoms in total. The number of sulfone groups is 1. The number of fused-ring (bicyclic) bond motifs is 1. The maximum absolute atomic E-state index is 13.3. The lowest BCUT2D eigenvalue weighted by molar-refractivity contribution is -0.138. The highest BCUT2D eigenvalue weighted by atomic mass is 32.2. The fourth-order valence-electron chi connectivity index (χ4n) is 4.44. The molecule has 168 valence electrons. The number of amides is 2. The fourth-order valence-corrected chi connectivity index (χ4v) is 5.59. The van der Waals surface area contributed by atoms with Crippen LogP contribution in [0.1, 0.15) is 44.0 Å². The first-order valence-corrected chi connectivity index (χ1v) is 12.9. The Labute approximate surface area is 185 Å². The summed E-state index contributed by atoms with van der Waals surface area (Å²) in [5.74, 6) is -0.385. The highest BCUT2D eigenvalue weighted by Gasteiger charge is 2.34. The summed E-state index contributed by atoms with van der Waals surface area (Å²) in [6.07, 6.45) is 1.47. The van der Waals surface area contributed by atoms with Gasteiger partial charge in [0.2, 0.25) is 5.91 Å². The summed E-state index contributed by atoms with van der Waals surface area (Å²) in [5.41, 5.74) is 0.654. The number of carbonyl (C=O) groups excluding carboxylic acids is 2. The lowest BCUT2D eigenvalue weighted by Crippen LogP contribution is -2.50. The molecule has 1 aliphatic heterocycles. The van der Waals surface area contributed by atoms with Crippen LogP contribution in [-0.4, -0.2) is 67.2 Å². The third-order valence-electron chi connectivity index (χ3n) is 6.17. The van der Waals surface area contributed by atoms with Crippen molar-refractivity contribution >= 4 is 32.4 Å². The molecular weight excluding hydrogens is 412 g/mol. The monoisotopic (exact) mass is 444 g/mol. The maximum atomic E-state index is 13.3. The second-order valence-corrected chi connectivity index (χ2v) is 10.7. The van der Waals surface area contributed by atoms with Gasteiger partial charge in [-0.1, -0.05) is 43.3 Å². The molecule has 0 N–H and O–H groups in total. The third-order valence-corrected chi connectivity index (χ3v) is 8.04. The summed E-state index contributed by atoms with van der Waals surface area (Å²) in [6, 6.07) is 13.1. The van der Waals surface area contributed by atoms with E-state index in [1.807, 2.05) is 49.4 Å².